The minimum Gasteiger partial charge on any atom is -0.459 e. The van der Waals surface area contributed by atoms with Crippen LogP contribution in [0.3, 0.4) is 0 Å². The molecule has 1 aromatic carbocycles. The maximum Gasteiger partial charge on any atom is 0.289 e. The number of furan rings is 1. The first-order chi connectivity index (χ1) is 17.1. The molecule has 0 saturated carbocycles. The second kappa shape index (κ2) is 10.3. The number of benzene rings is 1. The Kier molecular flexibility index (Phi) is 6.82. The van der Waals surface area contributed by atoms with Crippen molar-refractivity contribution in [2.75, 3.05) is 31.9 Å². The van der Waals surface area contributed by atoms with Gasteiger partial charge in [0.05, 0.1) is 12.0 Å². The van der Waals surface area contributed by atoms with Crippen LogP contribution in [0.2, 0.25) is 5.02 Å². The first kappa shape index (κ1) is 23.1. The fourth-order valence-electron chi connectivity index (χ4n) is 3.81. The van der Waals surface area contributed by atoms with Gasteiger partial charge in [-0.05, 0) is 48.5 Å². The van der Waals surface area contributed by atoms with Gasteiger partial charge in [0.25, 0.3) is 5.91 Å². The van der Waals surface area contributed by atoms with E-state index in [2.05, 4.69) is 15.2 Å². The second-order valence-corrected chi connectivity index (χ2v) is 9.17. The highest BCUT2D eigenvalue weighted by atomic mass is 35.5. The zero-order chi connectivity index (χ0) is 24.2. The molecule has 0 unspecified atom stereocenters. The van der Waals surface area contributed by atoms with E-state index in [0.29, 0.717) is 47.9 Å². The lowest BCUT2D eigenvalue weighted by atomic mass is 10.2. The third kappa shape index (κ3) is 5.08. The van der Waals surface area contributed by atoms with Crippen molar-refractivity contribution in [3.05, 3.63) is 78.0 Å². The second-order valence-electron chi connectivity index (χ2n) is 7.79. The summed E-state index contributed by atoms with van der Waals surface area (Å²) in [5, 5.41) is 9.97. The molecule has 1 aliphatic heterocycles. The zero-order valence-corrected chi connectivity index (χ0v) is 20.2. The van der Waals surface area contributed by atoms with E-state index in [9.17, 15) is 9.59 Å². The first-order valence-electron chi connectivity index (χ1n) is 11.0. The van der Waals surface area contributed by atoms with Crippen LogP contribution in [-0.4, -0.2) is 73.3 Å². The molecule has 9 nitrogen and oxygen atoms in total. The van der Waals surface area contributed by atoms with Gasteiger partial charge in [0.1, 0.15) is 0 Å². The van der Waals surface area contributed by atoms with Crippen molar-refractivity contribution in [3.8, 4) is 17.1 Å². The van der Waals surface area contributed by atoms with Crippen LogP contribution in [0.15, 0.2) is 76.8 Å². The number of pyridine rings is 1. The van der Waals surface area contributed by atoms with Crippen LogP contribution >= 0.6 is 23.4 Å². The van der Waals surface area contributed by atoms with Gasteiger partial charge in [-0.1, -0.05) is 23.4 Å². The Morgan fingerprint density at radius 3 is 2.34 bits per heavy atom. The summed E-state index contributed by atoms with van der Waals surface area (Å²) in [5.41, 5.74) is 1.70. The molecule has 0 spiro atoms. The van der Waals surface area contributed by atoms with Gasteiger partial charge in [0.15, 0.2) is 16.7 Å². The van der Waals surface area contributed by atoms with Crippen LogP contribution in [0.4, 0.5) is 0 Å². The van der Waals surface area contributed by atoms with Crippen LogP contribution in [0.5, 0.6) is 0 Å². The average Bonchev–Trinajstić information content (AvgIpc) is 3.59. The minimum absolute atomic E-state index is 0.0174. The molecule has 0 bridgehead atoms. The lowest BCUT2D eigenvalue weighted by Crippen LogP contribution is -2.51. The van der Waals surface area contributed by atoms with Gasteiger partial charge in [-0.15, -0.1) is 10.2 Å². The summed E-state index contributed by atoms with van der Waals surface area (Å²) in [6.45, 7) is 1.86. The molecule has 0 aliphatic carbocycles. The standard InChI is InChI=1S/C24H21ClN6O3S/c25-18-3-5-19(6-4-18)31-22(17-7-9-26-10-8-17)27-28-24(31)35-16-21(32)29-11-13-30(14-12-29)23(33)20-2-1-15-34-20/h1-10,15H,11-14,16H2. The fraction of sp³-hybridized carbons (Fsp3) is 0.208. The Morgan fingerprint density at radius 1 is 0.943 bits per heavy atom. The smallest absolute Gasteiger partial charge is 0.289 e. The molecule has 2 amide bonds. The number of rotatable bonds is 6. The largest absolute Gasteiger partial charge is 0.459 e. The predicted molar refractivity (Wildman–Crippen MR) is 132 cm³/mol. The van der Waals surface area contributed by atoms with E-state index in [0.717, 1.165) is 11.3 Å². The monoisotopic (exact) mass is 508 g/mol. The van der Waals surface area contributed by atoms with Gasteiger partial charge in [-0.3, -0.25) is 19.1 Å². The third-order valence-electron chi connectivity index (χ3n) is 5.63. The highest BCUT2D eigenvalue weighted by Gasteiger charge is 2.26. The Balaban J connectivity index is 1.27. The van der Waals surface area contributed by atoms with E-state index in [-0.39, 0.29) is 17.6 Å². The Hall–Kier alpha value is -3.63. The third-order valence-corrected chi connectivity index (χ3v) is 6.80. The quantitative estimate of drug-likeness (QED) is 0.367. The summed E-state index contributed by atoms with van der Waals surface area (Å²) >= 11 is 7.41. The molecule has 35 heavy (non-hydrogen) atoms. The summed E-state index contributed by atoms with van der Waals surface area (Å²) in [6, 6.07) is 14.4. The van der Waals surface area contributed by atoms with E-state index < -0.39 is 0 Å². The number of thioether (sulfide) groups is 1. The normalized spacial score (nSPS) is 13.7. The number of hydrogen-bond donors (Lipinski definition) is 0. The predicted octanol–water partition coefficient (Wildman–Crippen LogP) is 3.65. The van der Waals surface area contributed by atoms with Gasteiger partial charge >= 0.3 is 0 Å². The molecule has 1 fully saturated rings. The van der Waals surface area contributed by atoms with E-state index in [1.165, 1.54) is 18.0 Å². The minimum atomic E-state index is -0.156. The number of halogens is 1. The highest BCUT2D eigenvalue weighted by molar-refractivity contribution is 7.99. The van der Waals surface area contributed by atoms with Crippen molar-refractivity contribution in [1.29, 1.82) is 0 Å². The summed E-state index contributed by atoms with van der Waals surface area (Å²) in [4.78, 5) is 32.9. The Morgan fingerprint density at radius 2 is 1.66 bits per heavy atom. The van der Waals surface area contributed by atoms with Gasteiger partial charge in [0.2, 0.25) is 5.91 Å². The SMILES string of the molecule is O=C(CSc1nnc(-c2ccncc2)n1-c1ccc(Cl)cc1)N1CCN(C(=O)c2ccco2)CC1. The molecule has 1 aliphatic rings. The van der Waals surface area contributed by atoms with Gasteiger partial charge in [-0.2, -0.15) is 0 Å². The van der Waals surface area contributed by atoms with Gasteiger partial charge in [-0.25, -0.2) is 0 Å². The van der Waals surface area contributed by atoms with Crippen molar-refractivity contribution in [1.82, 2.24) is 29.5 Å². The number of nitrogens with zero attached hydrogens (tertiary/aromatic N) is 6. The highest BCUT2D eigenvalue weighted by Crippen LogP contribution is 2.28. The van der Waals surface area contributed by atoms with E-state index >= 15 is 0 Å². The number of carbonyl (C=O) groups excluding carboxylic acids is 2. The molecule has 3 aromatic heterocycles. The number of carbonyl (C=O) groups is 2. The molecule has 4 heterocycles. The van der Waals surface area contributed by atoms with E-state index in [1.807, 2.05) is 28.8 Å². The summed E-state index contributed by atoms with van der Waals surface area (Å²) < 4.78 is 7.10. The Labute approximate surface area is 210 Å². The summed E-state index contributed by atoms with van der Waals surface area (Å²) in [6.07, 6.45) is 4.87. The molecular formula is C24H21ClN6O3S. The van der Waals surface area contributed by atoms with Crippen molar-refractivity contribution in [3.63, 3.8) is 0 Å². The van der Waals surface area contributed by atoms with Crippen LogP contribution in [0, 0.1) is 0 Å². The average molecular weight is 509 g/mol. The molecular weight excluding hydrogens is 488 g/mol. The Bertz CT molecular complexity index is 1300. The van der Waals surface area contributed by atoms with Crippen molar-refractivity contribution in [2.24, 2.45) is 0 Å². The van der Waals surface area contributed by atoms with Crippen molar-refractivity contribution < 1.29 is 14.0 Å². The summed E-state index contributed by atoms with van der Waals surface area (Å²) in [5.74, 6) is 0.989. The van der Waals surface area contributed by atoms with Crippen LogP contribution in [0.25, 0.3) is 17.1 Å². The van der Waals surface area contributed by atoms with E-state index in [1.54, 1.807) is 46.5 Å². The lowest BCUT2D eigenvalue weighted by Gasteiger charge is -2.34. The van der Waals surface area contributed by atoms with Crippen LogP contribution in [-0.2, 0) is 4.79 Å². The van der Waals surface area contributed by atoms with Crippen LogP contribution in [0.1, 0.15) is 10.6 Å². The number of hydrogen-bond acceptors (Lipinski definition) is 7. The van der Waals surface area contributed by atoms with Crippen LogP contribution < -0.4 is 0 Å². The summed E-state index contributed by atoms with van der Waals surface area (Å²) in [7, 11) is 0. The lowest BCUT2D eigenvalue weighted by molar-refractivity contribution is -0.129. The van der Waals surface area contributed by atoms with Gasteiger partial charge < -0.3 is 14.2 Å². The first-order valence-corrected chi connectivity index (χ1v) is 12.3. The number of amides is 2. The maximum atomic E-state index is 12.9. The molecule has 0 N–H and O–H groups in total. The molecule has 5 rings (SSSR count). The topological polar surface area (TPSA) is 97.4 Å². The van der Waals surface area contributed by atoms with Crippen molar-refractivity contribution in [2.45, 2.75) is 5.16 Å². The zero-order valence-electron chi connectivity index (χ0n) is 18.6. The van der Waals surface area contributed by atoms with Crippen molar-refractivity contribution >= 4 is 35.2 Å². The molecule has 0 atom stereocenters. The molecule has 11 heteroatoms. The van der Waals surface area contributed by atoms with E-state index in [4.69, 9.17) is 16.0 Å². The fourth-order valence-corrected chi connectivity index (χ4v) is 4.79. The molecule has 1 saturated heterocycles. The maximum absolute atomic E-state index is 12.9. The number of piperazine rings is 1. The van der Waals surface area contributed by atoms with Gasteiger partial charge in [0, 0.05) is 54.8 Å². The number of aromatic nitrogens is 4. The molecule has 178 valence electrons. The molecule has 0 radical (unpaired) electrons. The molecule has 4 aromatic rings.